The van der Waals surface area contributed by atoms with E-state index in [1.807, 2.05) is 20.8 Å². The Hall–Kier alpha value is -1.10. The lowest BCUT2D eigenvalue weighted by molar-refractivity contribution is -0.145. The van der Waals surface area contributed by atoms with E-state index >= 15 is 0 Å². The first-order valence-corrected chi connectivity index (χ1v) is 8.24. The predicted molar refractivity (Wildman–Crippen MR) is 84.7 cm³/mol. The summed E-state index contributed by atoms with van der Waals surface area (Å²) < 4.78 is 0. The largest absolute Gasteiger partial charge is 0.352 e. The Morgan fingerprint density at radius 3 is 2.19 bits per heavy atom. The van der Waals surface area contributed by atoms with Gasteiger partial charge in [-0.3, -0.25) is 9.59 Å². The first kappa shape index (κ1) is 18.0. The lowest BCUT2D eigenvalue weighted by Crippen LogP contribution is -2.51. The maximum atomic E-state index is 12.9. The third-order valence-electron chi connectivity index (χ3n) is 4.36. The van der Waals surface area contributed by atoms with E-state index in [0.29, 0.717) is 13.1 Å². The molecule has 0 aromatic rings. The summed E-state index contributed by atoms with van der Waals surface area (Å²) in [7, 11) is 0. The lowest BCUT2D eigenvalue weighted by atomic mass is 9.79. The van der Waals surface area contributed by atoms with Crippen molar-refractivity contribution in [3.63, 3.8) is 0 Å². The Bertz CT molecular complexity index is 347. The monoisotopic (exact) mass is 297 g/mol. The summed E-state index contributed by atoms with van der Waals surface area (Å²) in [6.45, 7) is 6.82. The summed E-state index contributed by atoms with van der Waals surface area (Å²) >= 11 is 0. The van der Waals surface area contributed by atoms with Gasteiger partial charge in [-0.25, -0.2) is 0 Å². The van der Waals surface area contributed by atoms with E-state index in [-0.39, 0.29) is 24.4 Å². The summed E-state index contributed by atoms with van der Waals surface area (Å²) in [6, 6.07) is 0.0904. The Balaban J connectivity index is 2.77. The molecule has 0 aromatic heterocycles. The molecule has 21 heavy (non-hydrogen) atoms. The van der Waals surface area contributed by atoms with Crippen LogP contribution in [0, 0.1) is 5.41 Å². The zero-order valence-electron chi connectivity index (χ0n) is 13.8. The highest BCUT2D eigenvalue weighted by molar-refractivity contribution is 5.88. The lowest BCUT2D eigenvalue weighted by Gasteiger charge is -2.35. The van der Waals surface area contributed by atoms with Crippen LogP contribution in [-0.2, 0) is 9.59 Å². The summed E-state index contributed by atoms with van der Waals surface area (Å²) in [5.74, 6) is -0.0331. The molecule has 0 radical (unpaired) electrons. The van der Waals surface area contributed by atoms with Crippen molar-refractivity contribution in [2.75, 3.05) is 19.6 Å². The minimum Gasteiger partial charge on any atom is -0.352 e. The van der Waals surface area contributed by atoms with Crippen molar-refractivity contribution in [2.24, 2.45) is 11.1 Å². The quantitative estimate of drug-likeness (QED) is 0.732. The van der Waals surface area contributed by atoms with Gasteiger partial charge in [0.05, 0.1) is 12.0 Å². The smallest absolute Gasteiger partial charge is 0.239 e. The van der Waals surface area contributed by atoms with Gasteiger partial charge in [0.1, 0.15) is 0 Å². The Morgan fingerprint density at radius 2 is 1.76 bits per heavy atom. The van der Waals surface area contributed by atoms with Crippen LogP contribution in [0.15, 0.2) is 0 Å². The molecule has 5 nitrogen and oxygen atoms in total. The molecule has 1 aliphatic carbocycles. The number of carbonyl (C=O) groups excluding carboxylic acids is 2. The summed E-state index contributed by atoms with van der Waals surface area (Å²) in [6.07, 6.45) is 6.16. The van der Waals surface area contributed by atoms with Gasteiger partial charge in [-0.15, -0.1) is 0 Å². The standard InChI is InChI=1S/C16H31N3O2/c1-4-19(11-14(20)18-13(2)3)15(21)16(12-17)9-7-5-6-8-10-16/h13H,4-12,17H2,1-3H3,(H,18,20). The minimum atomic E-state index is -0.454. The van der Waals surface area contributed by atoms with Gasteiger partial charge in [0.2, 0.25) is 11.8 Å². The van der Waals surface area contributed by atoms with Crippen LogP contribution in [0.5, 0.6) is 0 Å². The van der Waals surface area contributed by atoms with E-state index in [1.54, 1.807) is 4.90 Å². The van der Waals surface area contributed by atoms with Crippen molar-refractivity contribution < 1.29 is 9.59 Å². The molecule has 5 heteroatoms. The number of nitrogens with one attached hydrogen (secondary N) is 1. The number of amides is 2. The van der Waals surface area contributed by atoms with Gasteiger partial charge in [-0.1, -0.05) is 25.7 Å². The highest BCUT2D eigenvalue weighted by Crippen LogP contribution is 2.35. The van der Waals surface area contributed by atoms with E-state index in [0.717, 1.165) is 25.7 Å². The maximum absolute atomic E-state index is 12.9. The van der Waals surface area contributed by atoms with Crippen molar-refractivity contribution >= 4 is 11.8 Å². The highest BCUT2D eigenvalue weighted by atomic mass is 16.2. The third kappa shape index (κ3) is 4.99. The normalized spacial score (nSPS) is 18.1. The fourth-order valence-electron chi connectivity index (χ4n) is 3.11. The van der Waals surface area contributed by atoms with E-state index in [9.17, 15) is 9.59 Å². The van der Waals surface area contributed by atoms with Gasteiger partial charge in [0.25, 0.3) is 0 Å². The van der Waals surface area contributed by atoms with Crippen LogP contribution < -0.4 is 11.1 Å². The zero-order chi connectivity index (χ0) is 15.9. The zero-order valence-corrected chi connectivity index (χ0v) is 13.8. The van der Waals surface area contributed by atoms with Crippen molar-refractivity contribution in [1.82, 2.24) is 10.2 Å². The molecule has 2 amide bonds. The summed E-state index contributed by atoms with van der Waals surface area (Å²) in [4.78, 5) is 26.5. The van der Waals surface area contributed by atoms with Crippen LogP contribution in [-0.4, -0.2) is 42.4 Å². The van der Waals surface area contributed by atoms with E-state index < -0.39 is 5.41 Å². The predicted octanol–water partition coefficient (Wildman–Crippen LogP) is 1.66. The minimum absolute atomic E-state index is 0.0632. The van der Waals surface area contributed by atoms with E-state index in [4.69, 9.17) is 5.73 Å². The number of nitrogens with two attached hydrogens (primary N) is 1. The fraction of sp³-hybridized carbons (Fsp3) is 0.875. The van der Waals surface area contributed by atoms with E-state index in [2.05, 4.69) is 5.32 Å². The molecule has 0 heterocycles. The number of hydrogen-bond donors (Lipinski definition) is 2. The molecule has 0 spiro atoms. The van der Waals surface area contributed by atoms with E-state index in [1.165, 1.54) is 12.8 Å². The number of likely N-dealkylation sites (N-methyl/N-ethyl adjacent to an activating group) is 1. The summed E-state index contributed by atoms with van der Waals surface area (Å²) in [5, 5.41) is 2.84. The SMILES string of the molecule is CCN(CC(=O)NC(C)C)C(=O)C1(CN)CCCCCC1. The molecule has 0 atom stereocenters. The van der Waals surface area contributed by atoms with Gasteiger partial charge in [0.15, 0.2) is 0 Å². The average Bonchev–Trinajstić information content (AvgIpc) is 2.69. The molecule has 0 bridgehead atoms. The molecule has 1 fully saturated rings. The first-order valence-electron chi connectivity index (χ1n) is 8.24. The Morgan fingerprint density at radius 1 is 1.19 bits per heavy atom. The first-order chi connectivity index (χ1) is 9.95. The number of hydrogen-bond acceptors (Lipinski definition) is 3. The van der Waals surface area contributed by atoms with Crippen LogP contribution in [0.25, 0.3) is 0 Å². The molecular weight excluding hydrogens is 266 g/mol. The second-order valence-corrected chi connectivity index (χ2v) is 6.44. The molecule has 0 aromatic carbocycles. The van der Waals surface area contributed by atoms with Crippen LogP contribution >= 0.6 is 0 Å². The molecule has 0 unspecified atom stereocenters. The second-order valence-electron chi connectivity index (χ2n) is 6.44. The van der Waals surface area contributed by atoms with Gasteiger partial charge in [-0.05, 0) is 33.6 Å². The van der Waals surface area contributed by atoms with Gasteiger partial charge < -0.3 is 16.0 Å². The molecule has 1 saturated carbocycles. The Labute approximate surface area is 128 Å². The van der Waals surface area contributed by atoms with Gasteiger partial charge >= 0.3 is 0 Å². The molecule has 3 N–H and O–H groups in total. The molecule has 1 aliphatic rings. The second kappa shape index (κ2) is 8.37. The molecule has 122 valence electrons. The van der Waals surface area contributed by atoms with Crippen LogP contribution in [0.3, 0.4) is 0 Å². The van der Waals surface area contributed by atoms with Crippen molar-refractivity contribution in [3.05, 3.63) is 0 Å². The van der Waals surface area contributed by atoms with Crippen LogP contribution in [0.1, 0.15) is 59.3 Å². The fourth-order valence-corrected chi connectivity index (χ4v) is 3.11. The topological polar surface area (TPSA) is 75.4 Å². The highest BCUT2D eigenvalue weighted by Gasteiger charge is 2.40. The van der Waals surface area contributed by atoms with Crippen molar-refractivity contribution in [3.8, 4) is 0 Å². The van der Waals surface area contributed by atoms with Crippen molar-refractivity contribution in [2.45, 2.75) is 65.3 Å². The number of carbonyl (C=O) groups is 2. The number of nitrogens with zero attached hydrogens (tertiary/aromatic N) is 1. The molecule has 0 aliphatic heterocycles. The van der Waals surface area contributed by atoms with Crippen LogP contribution in [0.2, 0.25) is 0 Å². The molecule has 1 rings (SSSR count). The molecular formula is C16H31N3O2. The van der Waals surface area contributed by atoms with Gasteiger partial charge in [-0.2, -0.15) is 0 Å². The summed E-state index contributed by atoms with van der Waals surface area (Å²) in [5.41, 5.74) is 5.51. The molecule has 0 saturated heterocycles. The third-order valence-corrected chi connectivity index (χ3v) is 4.36. The average molecular weight is 297 g/mol. The van der Waals surface area contributed by atoms with Crippen molar-refractivity contribution in [1.29, 1.82) is 0 Å². The Kier molecular flexibility index (Phi) is 7.15. The number of rotatable bonds is 6. The van der Waals surface area contributed by atoms with Gasteiger partial charge in [0, 0.05) is 19.1 Å². The van der Waals surface area contributed by atoms with Crippen LogP contribution in [0.4, 0.5) is 0 Å². The maximum Gasteiger partial charge on any atom is 0.239 e.